The van der Waals surface area contributed by atoms with Crippen molar-refractivity contribution in [1.29, 1.82) is 0 Å². The summed E-state index contributed by atoms with van der Waals surface area (Å²) in [7, 11) is 0. The molecule has 1 heterocycles. The van der Waals surface area contributed by atoms with Crippen molar-refractivity contribution < 1.29 is 48.0 Å². The van der Waals surface area contributed by atoms with E-state index in [2.05, 4.69) is 4.74 Å². The minimum atomic E-state index is -3.09. The number of phenols is 1. The molecule has 1 saturated carbocycles. The van der Waals surface area contributed by atoms with Crippen molar-refractivity contribution in [2.45, 2.75) is 31.8 Å². The predicted molar refractivity (Wildman–Crippen MR) is 129 cm³/mol. The number of carboxylic acids is 1. The highest BCUT2D eigenvalue weighted by molar-refractivity contribution is 6.35. The Bertz CT molecular complexity index is 1360. The Morgan fingerprint density at radius 2 is 1.84 bits per heavy atom. The third-order valence-corrected chi connectivity index (χ3v) is 6.85. The Kier molecular flexibility index (Phi) is 8.23. The second kappa shape index (κ2) is 11.4. The van der Waals surface area contributed by atoms with Crippen molar-refractivity contribution in [2.24, 2.45) is 5.92 Å². The zero-order valence-electron chi connectivity index (χ0n) is 19.6. The first-order chi connectivity index (χ1) is 18.1. The summed E-state index contributed by atoms with van der Waals surface area (Å²) < 4.78 is 37.1. The van der Waals surface area contributed by atoms with Crippen LogP contribution in [0.25, 0.3) is 0 Å². The van der Waals surface area contributed by atoms with Crippen molar-refractivity contribution >= 4 is 35.5 Å². The lowest BCUT2D eigenvalue weighted by Crippen LogP contribution is -2.29. The van der Waals surface area contributed by atoms with Crippen molar-refractivity contribution in [3.05, 3.63) is 80.6 Å². The number of hydrogen-bond acceptors (Lipinski definition) is 7. The van der Waals surface area contributed by atoms with Crippen molar-refractivity contribution in [3.8, 4) is 17.2 Å². The third kappa shape index (κ3) is 6.08. The second-order valence-corrected chi connectivity index (χ2v) is 9.59. The Hall–Kier alpha value is -3.63. The molecule has 200 valence electrons. The maximum Gasteiger partial charge on any atom is 0.387 e. The van der Waals surface area contributed by atoms with Crippen LogP contribution in [0.1, 0.15) is 56.2 Å². The van der Waals surface area contributed by atoms with Crippen molar-refractivity contribution in [1.82, 2.24) is 0 Å². The summed E-state index contributed by atoms with van der Waals surface area (Å²) in [4.78, 5) is 23.4. The number of aromatic carboxylic acids is 1. The van der Waals surface area contributed by atoms with Gasteiger partial charge in [-0.15, -0.1) is 0 Å². The number of pyridine rings is 1. The maximum absolute atomic E-state index is 13.0. The van der Waals surface area contributed by atoms with Gasteiger partial charge in [-0.25, -0.2) is 0 Å². The van der Waals surface area contributed by atoms with Crippen LogP contribution in [-0.2, 0) is 6.42 Å². The van der Waals surface area contributed by atoms with Gasteiger partial charge in [0.25, 0.3) is 0 Å². The van der Waals surface area contributed by atoms with Gasteiger partial charge in [0, 0.05) is 21.8 Å². The highest BCUT2D eigenvalue weighted by Crippen LogP contribution is 2.41. The standard InChI is InChI=1S/C26H21Cl2F2NO7/c27-20-9-31(36)10-21(28)18(20)8-17(15-4-5-16(25(34)35)24(33)19(15)11-32)14-3-6-22(38-26(29)30)23(7-14)37-12-13-1-2-13/h3-7,9-11,13,17,26H,1-2,8,12H2,(H2-,32,33,34,35,36)/t17-/m0/s1. The number of halogens is 4. The molecule has 12 heteroatoms. The molecule has 0 unspecified atom stereocenters. The summed E-state index contributed by atoms with van der Waals surface area (Å²) in [6.45, 7) is -2.80. The lowest BCUT2D eigenvalue weighted by atomic mass is 9.83. The topological polar surface area (TPSA) is 120 Å². The molecule has 0 spiro atoms. The van der Waals surface area contributed by atoms with Crippen LogP contribution < -0.4 is 19.3 Å². The van der Waals surface area contributed by atoms with E-state index < -0.39 is 29.8 Å². The number of rotatable bonds is 11. The largest absolute Gasteiger partial charge is 0.545 e. The van der Waals surface area contributed by atoms with Gasteiger partial charge in [0.2, 0.25) is 12.4 Å². The molecule has 38 heavy (non-hydrogen) atoms. The summed E-state index contributed by atoms with van der Waals surface area (Å²) in [5.74, 6) is -3.13. The molecule has 1 atom stereocenters. The number of carbonyl (C=O) groups excluding carboxylic acids is 2. The van der Waals surface area contributed by atoms with E-state index in [1.807, 2.05) is 0 Å². The first kappa shape index (κ1) is 27.4. The van der Waals surface area contributed by atoms with Crippen molar-refractivity contribution in [2.75, 3.05) is 6.61 Å². The van der Waals surface area contributed by atoms with Crippen LogP contribution in [0.3, 0.4) is 0 Å². The molecular weight excluding hydrogens is 547 g/mol. The second-order valence-electron chi connectivity index (χ2n) is 8.78. The zero-order chi connectivity index (χ0) is 27.6. The number of aldehydes is 1. The molecule has 4 rings (SSSR count). The Morgan fingerprint density at radius 1 is 1.16 bits per heavy atom. The Morgan fingerprint density at radius 3 is 2.42 bits per heavy atom. The highest BCUT2D eigenvalue weighted by Gasteiger charge is 2.28. The number of nitrogens with zero attached hydrogens (tertiary/aromatic N) is 1. The third-order valence-electron chi connectivity index (χ3n) is 6.20. The molecule has 1 aromatic heterocycles. The van der Waals surface area contributed by atoms with Gasteiger partial charge in [-0.1, -0.05) is 35.3 Å². The minimum absolute atomic E-state index is 0.000566. The SMILES string of the molecule is O=Cc1c([C@@H](Cc2c(Cl)c[n+](O)cc2Cl)c2ccc(OC(F)F)c(OCC3CC3)c2)ccc(C(=O)[O-])c1O. The normalized spacial score (nSPS) is 13.8. The molecule has 3 aromatic rings. The molecule has 0 amide bonds. The number of carbonyl (C=O) groups is 2. The fourth-order valence-corrected chi connectivity index (χ4v) is 4.71. The first-order valence-corrected chi connectivity index (χ1v) is 12.2. The highest BCUT2D eigenvalue weighted by atomic mass is 35.5. The molecule has 2 aromatic carbocycles. The van der Waals surface area contributed by atoms with E-state index in [1.54, 1.807) is 0 Å². The van der Waals surface area contributed by atoms with E-state index in [9.17, 15) is 33.8 Å². The van der Waals surface area contributed by atoms with E-state index in [0.29, 0.717) is 34.7 Å². The van der Waals surface area contributed by atoms with Crippen LogP contribution in [0.4, 0.5) is 8.78 Å². The lowest BCUT2D eigenvalue weighted by molar-refractivity contribution is -0.904. The molecule has 1 aliphatic rings. The predicted octanol–water partition coefficient (Wildman–Crippen LogP) is 4.16. The minimum Gasteiger partial charge on any atom is -0.545 e. The van der Waals surface area contributed by atoms with Gasteiger partial charge in [0.1, 0.15) is 15.8 Å². The van der Waals surface area contributed by atoms with Crippen LogP contribution in [0.2, 0.25) is 10.0 Å². The van der Waals surface area contributed by atoms with E-state index >= 15 is 0 Å². The lowest BCUT2D eigenvalue weighted by Gasteiger charge is -2.23. The number of alkyl halides is 2. The first-order valence-electron chi connectivity index (χ1n) is 11.4. The summed E-state index contributed by atoms with van der Waals surface area (Å²) >= 11 is 12.7. The van der Waals surface area contributed by atoms with E-state index in [4.69, 9.17) is 27.9 Å². The smallest absolute Gasteiger partial charge is 0.387 e. The fraction of sp³-hybridized carbons (Fsp3) is 0.269. The number of hydrogen-bond donors (Lipinski definition) is 2. The number of ether oxygens (including phenoxy) is 2. The van der Waals surface area contributed by atoms with E-state index in [0.717, 1.165) is 18.9 Å². The van der Waals surface area contributed by atoms with Gasteiger partial charge in [-0.2, -0.15) is 8.78 Å². The van der Waals surface area contributed by atoms with E-state index in [-0.39, 0.29) is 39.1 Å². The summed E-state index contributed by atoms with van der Waals surface area (Å²) in [6, 6.07) is 6.67. The average Bonchev–Trinajstić information content (AvgIpc) is 3.67. The van der Waals surface area contributed by atoms with Gasteiger partial charge in [0.05, 0.1) is 18.1 Å². The van der Waals surface area contributed by atoms with Gasteiger partial charge in [-0.3, -0.25) is 10.0 Å². The van der Waals surface area contributed by atoms with Gasteiger partial charge in [0.15, 0.2) is 17.8 Å². The molecule has 1 aliphatic carbocycles. The molecule has 0 aliphatic heterocycles. The number of carboxylic acid groups (broad SMARTS) is 1. The van der Waals surface area contributed by atoms with Gasteiger partial charge < -0.3 is 24.5 Å². The van der Waals surface area contributed by atoms with Crippen LogP contribution in [0.15, 0.2) is 42.7 Å². The van der Waals surface area contributed by atoms with Gasteiger partial charge in [-0.05, 0) is 54.5 Å². The van der Waals surface area contributed by atoms with Crippen LogP contribution in [0, 0.1) is 5.92 Å². The monoisotopic (exact) mass is 567 g/mol. The molecule has 0 bridgehead atoms. The van der Waals surface area contributed by atoms with Gasteiger partial charge >= 0.3 is 6.61 Å². The molecule has 1 fully saturated rings. The molecule has 0 saturated heterocycles. The average molecular weight is 568 g/mol. The van der Waals surface area contributed by atoms with Crippen LogP contribution in [-0.4, -0.2) is 35.8 Å². The van der Waals surface area contributed by atoms with Crippen molar-refractivity contribution in [3.63, 3.8) is 0 Å². The molecular formula is C26H21Cl2F2NO7. The number of aromatic hydroxyl groups is 1. The summed E-state index contributed by atoms with van der Waals surface area (Å²) in [5, 5.41) is 31.9. The maximum atomic E-state index is 13.0. The zero-order valence-corrected chi connectivity index (χ0v) is 21.1. The molecule has 8 nitrogen and oxygen atoms in total. The quantitative estimate of drug-likeness (QED) is 0.203. The summed E-state index contributed by atoms with van der Waals surface area (Å²) in [6.07, 6.45) is 4.60. The fourth-order valence-electron chi connectivity index (χ4n) is 4.10. The number of aromatic nitrogens is 1. The molecule has 0 radical (unpaired) electrons. The Balaban J connectivity index is 1.87. The molecule has 2 N–H and O–H groups in total. The summed E-state index contributed by atoms with van der Waals surface area (Å²) in [5.41, 5.74) is 0.101. The van der Waals surface area contributed by atoms with Crippen LogP contribution in [0.5, 0.6) is 17.2 Å². The Labute approximate surface area is 225 Å². The van der Waals surface area contributed by atoms with E-state index in [1.165, 1.54) is 36.7 Å². The number of benzene rings is 2. The van der Waals surface area contributed by atoms with Crippen LogP contribution >= 0.6 is 23.2 Å².